The van der Waals surface area contributed by atoms with Gasteiger partial charge in [-0.25, -0.2) is 4.98 Å². The Bertz CT molecular complexity index is 731. The van der Waals surface area contributed by atoms with E-state index in [2.05, 4.69) is 34.3 Å². The zero-order chi connectivity index (χ0) is 18.4. The van der Waals surface area contributed by atoms with Crippen molar-refractivity contribution in [3.8, 4) is 10.6 Å². The number of aliphatic imine (C=N–C) groups is 1. The standard InChI is InChI=1S/C20H28N4OS.HI/c1-15-18(26-19(23-15)17-7-5-4-6-8-17)13-22-20(21-2)24(3)11-12-25-14-16-9-10-16;/h4-8,16H,9-14H2,1-3H3,(H,21,22);1H. The molecule has 1 heterocycles. The summed E-state index contributed by atoms with van der Waals surface area (Å²) in [6, 6.07) is 10.3. The Balaban J connectivity index is 0.00000261. The fraction of sp³-hybridized carbons (Fsp3) is 0.500. The van der Waals surface area contributed by atoms with E-state index in [0.29, 0.717) is 0 Å². The number of guanidine groups is 1. The summed E-state index contributed by atoms with van der Waals surface area (Å²) < 4.78 is 5.72. The van der Waals surface area contributed by atoms with Crippen molar-refractivity contribution in [3.05, 3.63) is 40.9 Å². The number of halogens is 1. The second kappa shape index (κ2) is 11.0. The van der Waals surface area contributed by atoms with Crippen LogP contribution in [0.2, 0.25) is 0 Å². The maximum atomic E-state index is 5.72. The van der Waals surface area contributed by atoms with Crippen LogP contribution in [0.4, 0.5) is 0 Å². The SMILES string of the molecule is CN=C(NCc1sc(-c2ccccc2)nc1C)N(C)CCOCC1CC1.I. The molecule has 3 rings (SSSR count). The predicted molar refractivity (Wildman–Crippen MR) is 124 cm³/mol. The van der Waals surface area contributed by atoms with E-state index in [9.17, 15) is 0 Å². The molecule has 0 radical (unpaired) electrons. The van der Waals surface area contributed by atoms with Crippen LogP contribution >= 0.6 is 35.3 Å². The summed E-state index contributed by atoms with van der Waals surface area (Å²) in [4.78, 5) is 12.5. The highest BCUT2D eigenvalue weighted by atomic mass is 127. The van der Waals surface area contributed by atoms with Gasteiger partial charge in [-0.2, -0.15) is 0 Å². The van der Waals surface area contributed by atoms with Gasteiger partial charge in [-0.1, -0.05) is 30.3 Å². The van der Waals surface area contributed by atoms with Crippen LogP contribution < -0.4 is 5.32 Å². The van der Waals surface area contributed by atoms with Gasteiger partial charge in [-0.15, -0.1) is 35.3 Å². The highest BCUT2D eigenvalue weighted by molar-refractivity contribution is 14.0. The molecule has 0 unspecified atom stereocenters. The van der Waals surface area contributed by atoms with Gasteiger partial charge >= 0.3 is 0 Å². The number of rotatable bonds is 8. The lowest BCUT2D eigenvalue weighted by atomic mass is 10.2. The van der Waals surface area contributed by atoms with Gasteiger partial charge in [0.25, 0.3) is 0 Å². The fourth-order valence-corrected chi connectivity index (χ4v) is 3.69. The second-order valence-corrected chi connectivity index (χ2v) is 7.82. The zero-order valence-electron chi connectivity index (χ0n) is 16.3. The number of hydrogen-bond acceptors (Lipinski definition) is 4. The molecule has 7 heteroatoms. The zero-order valence-corrected chi connectivity index (χ0v) is 19.4. The Hall–Kier alpha value is -1.19. The summed E-state index contributed by atoms with van der Waals surface area (Å²) in [6.45, 7) is 5.28. The van der Waals surface area contributed by atoms with Gasteiger partial charge in [0.1, 0.15) is 5.01 Å². The molecule has 0 amide bonds. The molecule has 27 heavy (non-hydrogen) atoms. The first-order valence-electron chi connectivity index (χ1n) is 9.18. The predicted octanol–water partition coefficient (Wildman–Crippen LogP) is 4.17. The number of likely N-dealkylation sites (N-methyl/N-ethyl adjacent to an activating group) is 1. The second-order valence-electron chi connectivity index (χ2n) is 6.73. The van der Waals surface area contributed by atoms with Crippen molar-refractivity contribution in [2.75, 3.05) is 33.9 Å². The molecule has 1 aromatic heterocycles. The summed E-state index contributed by atoms with van der Waals surface area (Å²) in [6.07, 6.45) is 2.66. The van der Waals surface area contributed by atoms with Crippen LogP contribution in [0.3, 0.4) is 0 Å². The quantitative estimate of drug-likeness (QED) is 0.256. The minimum atomic E-state index is 0. The third-order valence-electron chi connectivity index (χ3n) is 4.52. The summed E-state index contributed by atoms with van der Waals surface area (Å²) >= 11 is 1.74. The normalized spacial score (nSPS) is 14.0. The maximum Gasteiger partial charge on any atom is 0.193 e. The largest absolute Gasteiger partial charge is 0.379 e. The van der Waals surface area contributed by atoms with Crippen LogP contribution in [0, 0.1) is 12.8 Å². The topological polar surface area (TPSA) is 49.8 Å². The molecular weight excluding hydrogens is 471 g/mol. The fourth-order valence-electron chi connectivity index (χ4n) is 2.68. The Morgan fingerprint density at radius 2 is 2.07 bits per heavy atom. The molecule has 0 aliphatic heterocycles. The number of ether oxygens (including phenoxy) is 1. The Morgan fingerprint density at radius 1 is 1.33 bits per heavy atom. The molecule has 0 saturated heterocycles. The monoisotopic (exact) mass is 500 g/mol. The van der Waals surface area contributed by atoms with E-state index in [-0.39, 0.29) is 24.0 Å². The number of aromatic nitrogens is 1. The van der Waals surface area contributed by atoms with Crippen molar-refractivity contribution in [3.63, 3.8) is 0 Å². The van der Waals surface area contributed by atoms with E-state index >= 15 is 0 Å². The molecule has 148 valence electrons. The van der Waals surface area contributed by atoms with E-state index < -0.39 is 0 Å². The number of nitrogens with zero attached hydrogens (tertiary/aromatic N) is 3. The lowest BCUT2D eigenvalue weighted by Crippen LogP contribution is -2.40. The molecule has 2 aromatic rings. The first kappa shape index (κ1) is 22.1. The first-order valence-corrected chi connectivity index (χ1v) is 10.00. The summed E-state index contributed by atoms with van der Waals surface area (Å²) in [7, 11) is 3.86. The van der Waals surface area contributed by atoms with E-state index in [0.717, 1.165) is 48.9 Å². The Morgan fingerprint density at radius 3 is 2.74 bits per heavy atom. The van der Waals surface area contributed by atoms with Crippen LogP contribution in [-0.4, -0.2) is 49.7 Å². The highest BCUT2D eigenvalue weighted by Gasteiger charge is 2.21. The van der Waals surface area contributed by atoms with Gasteiger partial charge in [0.2, 0.25) is 0 Å². The van der Waals surface area contributed by atoms with E-state index in [1.54, 1.807) is 11.3 Å². The number of nitrogens with one attached hydrogen (secondary N) is 1. The number of aryl methyl sites for hydroxylation is 1. The van der Waals surface area contributed by atoms with E-state index in [1.807, 2.05) is 32.3 Å². The van der Waals surface area contributed by atoms with Crippen LogP contribution in [0.25, 0.3) is 10.6 Å². The molecule has 1 aliphatic rings. The van der Waals surface area contributed by atoms with Crippen molar-refractivity contribution in [1.82, 2.24) is 15.2 Å². The third kappa shape index (κ3) is 6.73. The number of benzene rings is 1. The molecule has 0 atom stereocenters. The van der Waals surface area contributed by atoms with E-state index in [4.69, 9.17) is 9.72 Å². The van der Waals surface area contributed by atoms with Crippen molar-refractivity contribution in [1.29, 1.82) is 0 Å². The van der Waals surface area contributed by atoms with E-state index in [1.165, 1.54) is 23.3 Å². The highest BCUT2D eigenvalue weighted by Crippen LogP contribution is 2.29. The molecule has 0 bridgehead atoms. The van der Waals surface area contributed by atoms with Crippen molar-refractivity contribution >= 4 is 41.3 Å². The van der Waals surface area contributed by atoms with Crippen LogP contribution in [0.1, 0.15) is 23.4 Å². The molecule has 0 spiro atoms. The number of hydrogen-bond donors (Lipinski definition) is 1. The first-order chi connectivity index (χ1) is 12.7. The molecular formula is C20H29IN4OS. The molecule has 1 saturated carbocycles. The lowest BCUT2D eigenvalue weighted by molar-refractivity contribution is 0.115. The summed E-state index contributed by atoms with van der Waals surface area (Å²) in [5, 5.41) is 4.51. The summed E-state index contributed by atoms with van der Waals surface area (Å²) in [5.41, 5.74) is 2.24. The Kier molecular flexibility index (Phi) is 8.98. The van der Waals surface area contributed by atoms with Crippen molar-refractivity contribution < 1.29 is 4.74 Å². The minimum Gasteiger partial charge on any atom is -0.379 e. The summed E-state index contributed by atoms with van der Waals surface area (Å²) in [5.74, 6) is 1.69. The van der Waals surface area contributed by atoms with Crippen molar-refractivity contribution in [2.24, 2.45) is 10.9 Å². The smallest absolute Gasteiger partial charge is 0.193 e. The van der Waals surface area contributed by atoms with Gasteiger partial charge in [0.05, 0.1) is 18.8 Å². The molecule has 1 N–H and O–H groups in total. The van der Waals surface area contributed by atoms with Crippen LogP contribution in [0.15, 0.2) is 35.3 Å². The molecule has 5 nitrogen and oxygen atoms in total. The lowest BCUT2D eigenvalue weighted by Gasteiger charge is -2.21. The number of thiazole rings is 1. The van der Waals surface area contributed by atoms with Crippen molar-refractivity contribution in [2.45, 2.75) is 26.3 Å². The van der Waals surface area contributed by atoms with Gasteiger partial charge in [-0.05, 0) is 25.7 Å². The average molecular weight is 500 g/mol. The van der Waals surface area contributed by atoms with Crippen LogP contribution in [0.5, 0.6) is 0 Å². The van der Waals surface area contributed by atoms with Gasteiger partial charge in [-0.3, -0.25) is 4.99 Å². The Labute approximate surface area is 183 Å². The minimum absolute atomic E-state index is 0. The van der Waals surface area contributed by atoms with Gasteiger partial charge in [0.15, 0.2) is 5.96 Å². The van der Waals surface area contributed by atoms with Gasteiger partial charge in [0, 0.05) is 37.7 Å². The maximum absolute atomic E-state index is 5.72. The van der Waals surface area contributed by atoms with Gasteiger partial charge < -0.3 is 15.0 Å². The van der Waals surface area contributed by atoms with Crippen LogP contribution in [-0.2, 0) is 11.3 Å². The molecule has 1 fully saturated rings. The molecule has 1 aromatic carbocycles. The third-order valence-corrected chi connectivity index (χ3v) is 5.72. The molecule has 1 aliphatic carbocycles. The average Bonchev–Trinajstić information content (AvgIpc) is 3.41.